The number of benzene rings is 1. The van der Waals surface area contributed by atoms with Crippen LogP contribution in [0.4, 0.5) is 5.69 Å². The van der Waals surface area contributed by atoms with Gasteiger partial charge in [-0.3, -0.25) is 14.4 Å². The molecule has 2 aliphatic rings. The summed E-state index contributed by atoms with van der Waals surface area (Å²) >= 11 is 0. The first-order chi connectivity index (χ1) is 12.0. The summed E-state index contributed by atoms with van der Waals surface area (Å²) in [6.07, 6.45) is 1.36. The zero-order valence-corrected chi connectivity index (χ0v) is 14.4. The standard InChI is InChI=1S/C18H22N2O5/c1-3-24-15(21)12-7-6-10-20(11-12)17(23)18(2)16(22)19-13-8-4-5-9-14(13)25-18/h4-5,8-9,12H,3,6-7,10-11H2,1-2H3,(H,19,22). The Hall–Kier alpha value is -2.57. The van der Waals surface area contributed by atoms with E-state index in [4.69, 9.17) is 9.47 Å². The van der Waals surface area contributed by atoms with Crippen LogP contribution in [0.2, 0.25) is 0 Å². The Morgan fingerprint density at radius 1 is 1.40 bits per heavy atom. The second-order valence-electron chi connectivity index (χ2n) is 6.43. The minimum atomic E-state index is -1.65. The number of hydrogen-bond donors (Lipinski definition) is 1. The van der Waals surface area contributed by atoms with Gasteiger partial charge in [-0.15, -0.1) is 0 Å². The Labute approximate surface area is 146 Å². The predicted octanol–water partition coefficient (Wildman–Crippen LogP) is 1.58. The zero-order valence-electron chi connectivity index (χ0n) is 14.4. The van der Waals surface area contributed by atoms with Gasteiger partial charge in [-0.2, -0.15) is 0 Å². The summed E-state index contributed by atoms with van der Waals surface area (Å²) in [5, 5.41) is 2.72. The van der Waals surface area contributed by atoms with Gasteiger partial charge >= 0.3 is 5.97 Å². The number of amides is 2. The number of anilines is 1. The minimum Gasteiger partial charge on any atom is -0.466 e. The highest BCUT2D eigenvalue weighted by Crippen LogP contribution is 2.34. The highest BCUT2D eigenvalue weighted by molar-refractivity contribution is 6.15. The van der Waals surface area contributed by atoms with Gasteiger partial charge < -0.3 is 19.7 Å². The topological polar surface area (TPSA) is 84.9 Å². The lowest BCUT2D eigenvalue weighted by atomic mass is 9.94. The number of piperidine rings is 1. The number of nitrogens with one attached hydrogen (secondary N) is 1. The molecule has 2 heterocycles. The van der Waals surface area contributed by atoms with E-state index in [0.29, 0.717) is 37.4 Å². The van der Waals surface area contributed by atoms with Crippen molar-refractivity contribution in [3.63, 3.8) is 0 Å². The molecule has 0 spiro atoms. The number of ether oxygens (including phenoxy) is 2. The number of nitrogens with zero attached hydrogens (tertiary/aromatic N) is 1. The van der Waals surface area contributed by atoms with E-state index in [1.54, 1.807) is 31.2 Å². The summed E-state index contributed by atoms with van der Waals surface area (Å²) in [4.78, 5) is 39.0. The summed E-state index contributed by atoms with van der Waals surface area (Å²) in [7, 11) is 0. The fourth-order valence-electron chi connectivity index (χ4n) is 3.22. The van der Waals surface area contributed by atoms with Crippen LogP contribution in [0.15, 0.2) is 24.3 Å². The average molecular weight is 346 g/mol. The first-order valence-electron chi connectivity index (χ1n) is 8.51. The average Bonchev–Trinajstić information content (AvgIpc) is 2.62. The molecular formula is C18H22N2O5. The van der Waals surface area contributed by atoms with E-state index in [2.05, 4.69) is 5.32 Å². The van der Waals surface area contributed by atoms with E-state index in [9.17, 15) is 14.4 Å². The van der Waals surface area contributed by atoms with Crippen molar-refractivity contribution in [2.75, 3.05) is 25.0 Å². The van der Waals surface area contributed by atoms with Crippen molar-refractivity contribution in [2.45, 2.75) is 32.3 Å². The number of esters is 1. The van der Waals surface area contributed by atoms with Crippen LogP contribution < -0.4 is 10.1 Å². The number of likely N-dealkylation sites (tertiary alicyclic amines) is 1. The largest absolute Gasteiger partial charge is 0.466 e. The monoisotopic (exact) mass is 346 g/mol. The van der Waals surface area contributed by atoms with Crippen LogP contribution in [0.25, 0.3) is 0 Å². The van der Waals surface area contributed by atoms with Gasteiger partial charge in [-0.1, -0.05) is 12.1 Å². The number of fused-ring (bicyclic) bond motifs is 1. The number of para-hydroxylation sites is 2. The van der Waals surface area contributed by atoms with Gasteiger partial charge in [-0.05, 0) is 38.8 Å². The maximum atomic E-state index is 13.0. The van der Waals surface area contributed by atoms with Crippen LogP contribution in [0.3, 0.4) is 0 Å². The molecule has 7 nitrogen and oxygen atoms in total. The quantitative estimate of drug-likeness (QED) is 0.663. The molecule has 2 aliphatic heterocycles. The number of rotatable bonds is 3. The maximum Gasteiger partial charge on any atom is 0.310 e. The van der Waals surface area contributed by atoms with Crippen molar-refractivity contribution in [1.29, 1.82) is 0 Å². The van der Waals surface area contributed by atoms with Gasteiger partial charge in [0.05, 0.1) is 18.2 Å². The van der Waals surface area contributed by atoms with Crippen LogP contribution >= 0.6 is 0 Å². The molecule has 0 saturated carbocycles. The summed E-state index contributed by atoms with van der Waals surface area (Å²) in [5.41, 5.74) is -1.11. The molecule has 25 heavy (non-hydrogen) atoms. The van der Waals surface area contributed by atoms with Crippen molar-refractivity contribution in [3.05, 3.63) is 24.3 Å². The Morgan fingerprint density at radius 3 is 2.92 bits per heavy atom. The van der Waals surface area contributed by atoms with E-state index in [1.165, 1.54) is 11.8 Å². The molecule has 1 aromatic rings. The van der Waals surface area contributed by atoms with Gasteiger partial charge in [0.15, 0.2) is 0 Å². The van der Waals surface area contributed by atoms with Crippen molar-refractivity contribution in [3.8, 4) is 5.75 Å². The minimum absolute atomic E-state index is 0.242. The van der Waals surface area contributed by atoms with Gasteiger partial charge in [-0.25, -0.2) is 0 Å². The Morgan fingerprint density at radius 2 is 2.16 bits per heavy atom. The molecule has 2 amide bonds. The van der Waals surface area contributed by atoms with Crippen LogP contribution in [0, 0.1) is 5.92 Å². The lowest BCUT2D eigenvalue weighted by molar-refractivity contribution is -0.158. The summed E-state index contributed by atoms with van der Waals surface area (Å²) < 4.78 is 10.8. The van der Waals surface area contributed by atoms with Crippen LogP contribution in [-0.2, 0) is 19.1 Å². The van der Waals surface area contributed by atoms with Gasteiger partial charge in [0.1, 0.15) is 5.75 Å². The van der Waals surface area contributed by atoms with E-state index >= 15 is 0 Å². The lowest BCUT2D eigenvalue weighted by Crippen LogP contribution is -2.61. The SMILES string of the molecule is CCOC(=O)C1CCCN(C(=O)C2(C)Oc3ccccc3NC2=O)C1. The molecule has 7 heteroatoms. The number of hydrogen-bond acceptors (Lipinski definition) is 5. The van der Waals surface area contributed by atoms with Gasteiger partial charge in [0, 0.05) is 13.1 Å². The molecule has 1 saturated heterocycles. The first kappa shape index (κ1) is 17.3. The fourth-order valence-corrected chi connectivity index (χ4v) is 3.22. The van der Waals surface area contributed by atoms with E-state index in [1.807, 2.05) is 0 Å². The van der Waals surface area contributed by atoms with Gasteiger partial charge in [0.2, 0.25) is 0 Å². The third kappa shape index (κ3) is 3.18. The highest BCUT2D eigenvalue weighted by atomic mass is 16.5. The van der Waals surface area contributed by atoms with Crippen molar-refractivity contribution in [2.24, 2.45) is 5.92 Å². The molecule has 1 fully saturated rings. The smallest absolute Gasteiger partial charge is 0.310 e. The lowest BCUT2D eigenvalue weighted by Gasteiger charge is -2.39. The van der Waals surface area contributed by atoms with Crippen LogP contribution in [-0.4, -0.2) is 48.0 Å². The van der Waals surface area contributed by atoms with E-state index in [-0.39, 0.29) is 18.4 Å². The second-order valence-corrected chi connectivity index (χ2v) is 6.43. The van der Waals surface area contributed by atoms with Gasteiger partial charge in [0.25, 0.3) is 17.4 Å². The molecule has 0 aromatic heterocycles. The molecule has 134 valence electrons. The molecule has 0 aliphatic carbocycles. The predicted molar refractivity (Wildman–Crippen MR) is 90.0 cm³/mol. The van der Waals surface area contributed by atoms with Crippen molar-refractivity contribution >= 4 is 23.5 Å². The fraction of sp³-hybridized carbons (Fsp3) is 0.500. The molecule has 1 aromatic carbocycles. The van der Waals surface area contributed by atoms with Crippen molar-refractivity contribution < 1.29 is 23.9 Å². The van der Waals surface area contributed by atoms with E-state index < -0.39 is 17.4 Å². The Balaban J connectivity index is 1.78. The summed E-state index contributed by atoms with van der Waals surface area (Å²) in [6.45, 7) is 4.26. The maximum absolute atomic E-state index is 13.0. The third-order valence-electron chi connectivity index (χ3n) is 4.62. The van der Waals surface area contributed by atoms with E-state index in [0.717, 1.165) is 0 Å². The molecule has 2 atom stereocenters. The molecule has 1 N–H and O–H groups in total. The third-order valence-corrected chi connectivity index (χ3v) is 4.62. The van der Waals surface area contributed by atoms with Crippen molar-refractivity contribution in [1.82, 2.24) is 4.90 Å². The Kier molecular flexibility index (Phi) is 4.65. The molecular weight excluding hydrogens is 324 g/mol. The number of carbonyl (C=O) groups is 3. The summed E-state index contributed by atoms with van der Waals surface area (Å²) in [5.74, 6) is -1.15. The molecule has 2 unspecified atom stereocenters. The highest BCUT2D eigenvalue weighted by Gasteiger charge is 2.50. The van der Waals surface area contributed by atoms with Crippen LogP contribution in [0.1, 0.15) is 26.7 Å². The molecule has 0 radical (unpaired) electrons. The first-order valence-corrected chi connectivity index (χ1v) is 8.51. The summed E-state index contributed by atoms with van der Waals surface area (Å²) in [6, 6.07) is 6.98. The normalized spacial score (nSPS) is 25.4. The molecule has 0 bridgehead atoms. The number of carbonyl (C=O) groups excluding carboxylic acids is 3. The second kappa shape index (κ2) is 6.74. The van der Waals surface area contributed by atoms with Crippen LogP contribution in [0.5, 0.6) is 5.75 Å². The zero-order chi connectivity index (χ0) is 18.0. The molecule has 3 rings (SSSR count). The Bertz CT molecular complexity index is 704.